The van der Waals surface area contributed by atoms with Crippen molar-refractivity contribution in [2.24, 2.45) is 32.9 Å². The molecule has 2 rings (SSSR count). The van der Waals surface area contributed by atoms with Gasteiger partial charge in [0.25, 0.3) is 32.1 Å². The van der Waals surface area contributed by atoms with Crippen LogP contribution in [-0.2, 0) is 20.2 Å². The Morgan fingerprint density at radius 2 is 1.17 bits per heavy atom. The Hall–Kier alpha value is -4.37. The van der Waals surface area contributed by atoms with Crippen molar-refractivity contribution < 1.29 is 35.5 Å². The molecule has 0 fully saturated rings. The summed E-state index contributed by atoms with van der Waals surface area (Å²) in [6.45, 7) is 0. The molecule has 0 saturated heterocycles. The van der Waals surface area contributed by atoms with Crippen molar-refractivity contribution >= 4 is 44.0 Å². The lowest BCUT2D eigenvalue weighted by Crippen LogP contribution is -2.24. The second-order valence-corrected chi connectivity index (χ2v) is 9.54. The number of benzene rings is 2. The molecule has 0 aliphatic heterocycles. The molecule has 2 aromatic carbocycles. The SMILES string of the molecule is CS(=O)(=O)O.CS(=O)(=O)O.N#Cc1ccccc1-c1cc(C(=O)N=C(N)N)cc(C(=O)N=C(N)N)c1. The van der Waals surface area contributed by atoms with Crippen LogP contribution in [0, 0.1) is 11.3 Å². The van der Waals surface area contributed by atoms with E-state index in [2.05, 4.69) is 16.1 Å². The van der Waals surface area contributed by atoms with Crippen LogP contribution in [-0.4, -0.2) is 62.2 Å². The van der Waals surface area contributed by atoms with E-state index < -0.39 is 44.0 Å². The summed E-state index contributed by atoms with van der Waals surface area (Å²) in [6.07, 6.45) is 1.43. The first-order valence-electron chi connectivity index (χ1n) is 9.09. The van der Waals surface area contributed by atoms with E-state index in [0.717, 1.165) is 0 Å². The van der Waals surface area contributed by atoms with Crippen molar-refractivity contribution in [1.29, 1.82) is 5.26 Å². The highest BCUT2D eigenvalue weighted by Crippen LogP contribution is 2.26. The fourth-order valence-electron chi connectivity index (χ4n) is 2.23. The minimum absolute atomic E-state index is 0.0396. The molecular weight excluding hydrogens is 518 g/mol. The molecule has 10 N–H and O–H groups in total. The first-order chi connectivity index (χ1) is 16.3. The van der Waals surface area contributed by atoms with E-state index in [1.807, 2.05) is 0 Å². The highest BCUT2D eigenvalue weighted by molar-refractivity contribution is 7.85. The quantitative estimate of drug-likeness (QED) is 0.155. The molecule has 17 heteroatoms. The second kappa shape index (κ2) is 13.5. The molecule has 0 unspecified atom stereocenters. The first-order valence-corrected chi connectivity index (χ1v) is 12.8. The van der Waals surface area contributed by atoms with Crippen molar-refractivity contribution in [3.63, 3.8) is 0 Å². The van der Waals surface area contributed by atoms with Crippen molar-refractivity contribution in [1.82, 2.24) is 0 Å². The number of rotatable bonds is 3. The van der Waals surface area contributed by atoms with E-state index in [-0.39, 0.29) is 11.1 Å². The predicted molar refractivity (Wildman–Crippen MR) is 132 cm³/mol. The van der Waals surface area contributed by atoms with Gasteiger partial charge in [0, 0.05) is 11.1 Å². The van der Waals surface area contributed by atoms with Crippen molar-refractivity contribution in [2.45, 2.75) is 0 Å². The maximum Gasteiger partial charge on any atom is 0.280 e. The summed E-state index contributed by atoms with van der Waals surface area (Å²) in [5, 5.41) is 9.28. The Morgan fingerprint density at radius 1 is 0.806 bits per heavy atom. The molecule has 0 bridgehead atoms. The van der Waals surface area contributed by atoms with Crippen molar-refractivity contribution in [3.05, 3.63) is 59.2 Å². The fourth-order valence-corrected chi connectivity index (χ4v) is 2.23. The van der Waals surface area contributed by atoms with Crippen LogP contribution >= 0.6 is 0 Å². The van der Waals surface area contributed by atoms with Crippen LogP contribution in [0.5, 0.6) is 0 Å². The van der Waals surface area contributed by atoms with Crippen LogP contribution in [0.25, 0.3) is 11.1 Å². The van der Waals surface area contributed by atoms with E-state index in [0.29, 0.717) is 29.2 Å². The molecule has 0 heterocycles. The average Bonchev–Trinajstić information content (AvgIpc) is 2.70. The number of nitrogens with zero attached hydrogens (tertiary/aromatic N) is 3. The average molecular weight is 542 g/mol. The topological polar surface area (TPSA) is 295 Å². The van der Waals surface area contributed by atoms with E-state index in [1.54, 1.807) is 24.3 Å². The van der Waals surface area contributed by atoms with Gasteiger partial charge in [-0.05, 0) is 35.4 Å². The van der Waals surface area contributed by atoms with Crippen LogP contribution in [0.4, 0.5) is 0 Å². The highest BCUT2D eigenvalue weighted by atomic mass is 32.2. The van der Waals surface area contributed by atoms with E-state index >= 15 is 0 Å². The Labute approximate surface area is 206 Å². The highest BCUT2D eigenvalue weighted by Gasteiger charge is 2.15. The Kier molecular flexibility index (Phi) is 11.9. The smallest absolute Gasteiger partial charge is 0.280 e. The van der Waals surface area contributed by atoms with Gasteiger partial charge in [0.15, 0.2) is 11.9 Å². The van der Waals surface area contributed by atoms with Gasteiger partial charge in [-0.2, -0.15) is 32.1 Å². The molecule has 194 valence electrons. The van der Waals surface area contributed by atoms with Gasteiger partial charge in [0.05, 0.1) is 24.1 Å². The van der Waals surface area contributed by atoms with Crippen LogP contribution in [0.2, 0.25) is 0 Å². The standard InChI is InChI=1S/C17H15N7O2.2CH4O3S/c18-8-9-3-1-2-4-13(9)10-5-11(14(25)23-16(19)20)7-12(6-10)15(26)24-17(21)22;2*1-5(2,3)4/h1-7H,(H4,19,20,23,25)(H4,21,22,24,26);2*1H3,(H,2,3,4). The number of hydrogen-bond donors (Lipinski definition) is 6. The first kappa shape index (κ1) is 31.6. The van der Waals surface area contributed by atoms with Crippen LogP contribution < -0.4 is 22.9 Å². The summed E-state index contributed by atoms with van der Waals surface area (Å²) in [7, 11) is -7.33. The van der Waals surface area contributed by atoms with Gasteiger partial charge in [0.2, 0.25) is 0 Å². The van der Waals surface area contributed by atoms with Gasteiger partial charge in [-0.3, -0.25) is 18.7 Å². The third-order valence-electron chi connectivity index (χ3n) is 3.25. The monoisotopic (exact) mass is 541 g/mol. The molecule has 0 aliphatic rings. The zero-order valence-electron chi connectivity index (χ0n) is 18.9. The Balaban J connectivity index is 0.00000104. The molecule has 0 aliphatic carbocycles. The Bertz CT molecular complexity index is 1340. The molecule has 0 aromatic heterocycles. The molecule has 15 nitrogen and oxygen atoms in total. The van der Waals surface area contributed by atoms with Crippen molar-refractivity contribution in [3.8, 4) is 17.2 Å². The second-order valence-electron chi connectivity index (χ2n) is 6.61. The largest absolute Gasteiger partial charge is 0.370 e. The lowest BCUT2D eigenvalue weighted by molar-refractivity contribution is 0.100. The van der Waals surface area contributed by atoms with Gasteiger partial charge in [-0.25, -0.2) is 0 Å². The molecule has 0 saturated carbocycles. The third kappa shape index (κ3) is 14.7. The number of nitriles is 1. The number of amides is 2. The molecule has 0 atom stereocenters. The predicted octanol–water partition coefficient (Wildman–Crippen LogP) is -0.940. The minimum Gasteiger partial charge on any atom is -0.370 e. The van der Waals surface area contributed by atoms with E-state index in [9.17, 15) is 31.7 Å². The number of carbonyl (C=O) groups excluding carboxylic acids is 2. The van der Waals surface area contributed by atoms with E-state index in [1.165, 1.54) is 18.2 Å². The van der Waals surface area contributed by atoms with Crippen LogP contribution in [0.15, 0.2) is 52.4 Å². The zero-order valence-corrected chi connectivity index (χ0v) is 20.5. The lowest BCUT2D eigenvalue weighted by Gasteiger charge is -2.08. The van der Waals surface area contributed by atoms with Gasteiger partial charge in [0.1, 0.15) is 0 Å². The fraction of sp³-hybridized carbons (Fsp3) is 0.105. The molecule has 2 amide bonds. The summed E-state index contributed by atoms with van der Waals surface area (Å²) in [5.41, 5.74) is 22.3. The Morgan fingerprint density at radius 3 is 1.50 bits per heavy atom. The van der Waals surface area contributed by atoms with Gasteiger partial charge in [-0.1, -0.05) is 18.2 Å². The van der Waals surface area contributed by atoms with Crippen LogP contribution in [0.1, 0.15) is 26.3 Å². The summed E-state index contributed by atoms with van der Waals surface area (Å²) in [6, 6.07) is 13.0. The number of carbonyl (C=O) groups is 2. The summed E-state index contributed by atoms with van der Waals surface area (Å²) in [4.78, 5) is 31.3. The maximum absolute atomic E-state index is 12.2. The number of aliphatic imine (C=N–C) groups is 2. The maximum atomic E-state index is 12.2. The summed E-state index contributed by atoms with van der Waals surface area (Å²) < 4.78 is 51.7. The normalized spacial score (nSPS) is 10.2. The lowest BCUT2D eigenvalue weighted by atomic mass is 9.96. The molecular formula is C19H23N7O8S2. The van der Waals surface area contributed by atoms with Crippen molar-refractivity contribution in [2.75, 3.05) is 12.5 Å². The summed E-state index contributed by atoms with van der Waals surface area (Å²) in [5.74, 6) is -2.34. The number of hydrogen-bond acceptors (Lipinski definition) is 7. The van der Waals surface area contributed by atoms with E-state index in [4.69, 9.17) is 32.0 Å². The number of guanidine groups is 2. The van der Waals surface area contributed by atoms with Gasteiger partial charge < -0.3 is 22.9 Å². The molecule has 0 radical (unpaired) electrons. The molecule has 2 aromatic rings. The molecule has 0 spiro atoms. The summed E-state index contributed by atoms with van der Waals surface area (Å²) >= 11 is 0. The molecule has 36 heavy (non-hydrogen) atoms. The van der Waals surface area contributed by atoms with Gasteiger partial charge >= 0.3 is 0 Å². The zero-order chi connectivity index (χ0) is 28.3. The number of nitrogens with two attached hydrogens (primary N) is 4. The van der Waals surface area contributed by atoms with Gasteiger partial charge in [-0.15, -0.1) is 0 Å². The van der Waals surface area contributed by atoms with Crippen LogP contribution in [0.3, 0.4) is 0 Å². The minimum atomic E-state index is -3.67. The third-order valence-corrected chi connectivity index (χ3v) is 3.25.